The molecule has 136 valence electrons. The van der Waals surface area contributed by atoms with E-state index in [9.17, 15) is 9.59 Å². The Labute approximate surface area is 161 Å². The minimum absolute atomic E-state index is 0.0234. The van der Waals surface area contributed by atoms with Crippen LogP contribution in [-0.4, -0.2) is 36.1 Å². The molecular formula is C18H23IN2O4. The maximum atomic E-state index is 12.3. The van der Waals surface area contributed by atoms with Gasteiger partial charge in [0, 0.05) is 6.54 Å². The molecule has 3 amide bonds. The number of urea groups is 1. The number of nitrogens with zero attached hydrogens (tertiary/aromatic N) is 1. The molecule has 0 saturated carbocycles. The van der Waals surface area contributed by atoms with Crippen molar-refractivity contribution in [3.63, 3.8) is 0 Å². The van der Waals surface area contributed by atoms with Crippen LogP contribution < -0.4 is 14.8 Å². The predicted molar refractivity (Wildman–Crippen MR) is 105 cm³/mol. The molecule has 1 N–H and O–H groups in total. The van der Waals surface area contributed by atoms with Gasteiger partial charge in [-0.25, -0.2) is 4.79 Å². The lowest BCUT2D eigenvalue weighted by atomic mass is 10.1. The zero-order valence-electron chi connectivity index (χ0n) is 14.9. The van der Waals surface area contributed by atoms with Crippen LogP contribution in [0.15, 0.2) is 17.8 Å². The molecule has 0 aliphatic carbocycles. The van der Waals surface area contributed by atoms with Crippen LogP contribution in [0.4, 0.5) is 4.79 Å². The Morgan fingerprint density at radius 3 is 2.60 bits per heavy atom. The standard InChI is InChI=1S/C18H23IN2O4/c1-5-7-21-17(22)14(20-18(21)23)9-12-8-13(19)16(25-11(3)4)15(10-12)24-6-2/h8-11H,5-7H2,1-4H3,(H,20,23)/b14-9+. The summed E-state index contributed by atoms with van der Waals surface area (Å²) in [6.45, 7) is 8.65. The fourth-order valence-corrected chi connectivity index (χ4v) is 3.20. The van der Waals surface area contributed by atoms with Crippen LogP contribution in [-0.2, 0) is 4.79 Å². The van der Waals surface area contributed by atoms with Gasteiger partial charge in [-0.15, -0.1) is 0 Å². The highest BCUT2D eigenvalue weighted by Gasteiger charge is 2.32. The third kappa shape index (κ3) is 4.65. The molecule has 2 rings (SSSR count). The van der Waals surface area contributed by atoms with E-state index in [1.165, 1.54) is 4.90 Å². The molecule has 1 aliphatic heterocycles. The molecule has 0 atom stereocenters. The first kappa shape index (κ1) is 19.6. The van der Waals surface area contributed by atoms with Gasteiger partial charge in [-0.1, -0.05) is 6.92 Å². The molecule has 1 fully saturated rings. The maximum absolute atomic E-state index is 12.3. The van der Waals surface area contributed by atoms with Crippen molar-refractivity contribution in [2.24, 2.45) is 0 Å². The number of carbonyl (C=O) groups is 2. The lowest BCUT2D eigenvalue weighted by Crippen LogP contribution is -2.31. The largest absolute Gasteiger partial charge is 0.490 e. The third-order valence-corrected chi connectivity index (χ3v) is 4.21. The van der Waals surface area contributed by atoms with E-state index in [4.69, 9.17) is 9.47 Å². The van der Waals surface area contributed by atoms with Crippen LogP contribution in [0.3, 0.4) is 0 Å². The number of amides is 3. The highest BCUT2D eigenvalue weighted by molar-refractivity contribution is 14.1. The van der Waals surface area contributed by atoms with Gasteiger partial charge in [-0.05, 0) is 73.6 Å². The molecule has 1 aromatic carbocycles. The van der Waals surface area contributed by atoms with Crippen LogP contribution in [0.25, 0.3) is 6.08 Å². The van der Waals surface area contributed by atoms with Gasteiger partial charge < -0.3 is 14.8 Å². The summed E-state index contributed by atoms with van der Waals surface area (Å²) in [7, 11) is 0. The van der Waals surface area contributed by atoms with Crippen molar-refractivity contribution in [3.05, 3.63) is 27.0 Å². The SMILES string of the molecule is CCCN1C(=O)N/C(=C/c2cc(I)c(OC(C)C)c(OCC)c2)C1=O. The average molecular weight is 458 g/mol. The summed E-state index contributed by atoms with van der Waals surface area (Å²) < 4.78 is 12.4. The van der Waals surface area contributed by atoms with E-state index in [0.717, 1.165) is 15.6 Å². The highest BCUT2D eigenvalue weighted by atomic mass is 127. The topological polar surface area (TPSA) is 67.9 Å². The summed E-state index contributed by atoms with van der Waals surface area (Å²) in [5.74, 6) is 1.01. The molecule has 6 nitrogen and oxygen atoms in total. The Hall–Kier alpha value is -1.77. The van der Waals surface area contributed by atoms with Crippen molar-refractivity contribution < 1.29 is 19.1 Å². The van der Waals surface area contributed by atoms with Gasteiger partial charge in [-0.2, -0.15) is 0 Å². The Morgan fingerprint density at radius 2 is 2.00 bits per heavy atom. The summed E-state index contributed by atoms with van der Waals surface area (Å²) in [4.78, 5) is 25.4. The van der Waals surface area contributed by atoms with Crippen molar-refractivity contribution in [3.8, 4) is 11.5 Å². The third-order valence-electron chi connectivity index (χ3n) is 3.41. The Bertz CT molecular complexity index is 701. The lowest BCUT2D eigenvalue weighted by Gasteiger charge is -2.17. The zero-order chi connectivity index (χ0) is 18.6. The second kappa shape index (κ2) is 8.55. The van der Waals surface area contributed by atoms with Crippen LogP contribution in [0, 0.1) is 3.57 Å². The van der Waals surface area contributed by atoms with Crippen molar-refractivity contribution in [1.82, 2.24) is 10.2 Å². The van der Waals surface area contributed by atoms with E-state index < -0.39 is 0 Å². The van der Waals surface area contributed by atoms with Crippen LogP contribution >= 0.6 is 22.6 Å². The molecule has 1 heterocycles. The van der Waals surface area contributed by atoms with E-state index in [-0.39, 0.29) is 23.7 Å². The number of benzene rings is 1. The van der Waals surface area contributed by atoms with Gasteiger partial charge in [0.05, 0.1) is 16.3 Å². The van der Waals surface area contributed by atoms with Gasteiger partial charge in [0.1, 0.15) is 5.70 Å². The van der Waals surface area contributed by atoms with E-state index in [2.05, 4.69) is 27.9 Å². The van der Waals surface area contributed by atoms with Crippen LogP contribution in [0.2, 0.25) is 0 Å². The summed E-state index contributed by atoms with van der Waals surface area (Å²) >= 11 is 2.18. The fourth-order valence-electron chi connectivity index (χ4n) is 2.45. The predicted octanol–water partition coefficient (Wildman–Crippen LogP) is 3.78. The van der Waals surface area contributed by atoms with E-state index in [1.807, 2.05) is 39.8 Å². The van der Waals surface area contributed by atoms with Crippen molar-refractivity contribution >= 4 is 40.6 Å². The number of imide groups is 1. The van der Waals surface area contributed by atoms with Gasteiger partial charge in [0.25, 0.3) is 5.91 Å². The molecule has 1 saturated heterocycles. The smallest absolute Gasteiger partial charge is 0.329 e. The van der Waals surface area contributed by atoms with Crippen molar-refractivity contribution in [2.45, 2.75) is 40.2 Å². The highest BCUT2D eigenvalue weighted by Crippen LogP contribution is 2.35. The van der Waals surface area contributed by atoms with Gasteiger partial charge >= 0.3 is 6.03 Å². The number of halogens is 1. The molecule has 0 bridgehead atoms. The molecule has 1 aliphatic rings. The van der Waals surface area contributed by atoms with Crippen LogP contribution in [0.1, 0.15) is 39.7 Å². The van der Waals surface area contributed by atoms with Gasteiger partial charge in [-0.3, -0.25) is 9.69 Å². The minimum Gasteiger partial charge on any atom is -0.490 e. The van der Waals surface area contributed by atoms with Crippen molar-refractivity contribution in [2.75, 3.05) is 13.2 Å². The molecule has 0 unspecified atom stereocenters. The second-order valence-corrected chi connectivity index (χ2v) is 7.04. The second-order valence-electron chi connectivity index (χ2n) is 5.87. The Morgan fingerprint density at radius 1 is 1.28 bits per heavy atom. The first-order valence-corrected chi connectivity index (χ1v) is 9.42. The lowest BCUT2D eigenvalue weighted by molar-refractivity contribution is -0.122. The molecule has 25 heavy (non-hydrogen) atoms. The Balaban J connectivity index is 2.37. The number of ether oxygens (including phenoxy) is 2. The molecule has 7 heteroatoms. The summed E-state index contributed by atoms with van der Waals surface area (Å²) in [6.07, 6.45) is 2.41. The van der Waals surface area contributed by atoms with E-state index in [1.54, 1.807) is 6.08 Å². The first-order chi connectivity index (χ1) is 11.9. The Kier molecular flexibility index (Phi) is 6.69. The molecule has 1 aromatic rings. The monoisotopic (exact) mass is 458 g/mol. The number of hydrogen-bond acceptors (Lipinski definition) is 4. The number of nitrogens with one attached hydrogen (secondary N) is 1. The number of rotatable bonds is 7. The van der Waals surface area contributed by atoms with Crippen molar-refractivity contribution in [1.29, 1.82) is 0 Å². The minimum atomic E-state index is -0.377. The number of carbonyl (C=O) groups excluding carboxylic acids is 2. The normalized spacial score (nSPS) is 15.9. The molecule has 0 spiro atoms. The van der Waals surface area contributed by atoms with E-state index in [0.29, 0.717) is 24.7 Å². The average Bonchev–Trinajstić information content (AvgIpc) is 2.79. The summed E-state index contributed by atoms with van der Waals surface area (Å²) in [5, 5.41) is 2.63. The van der Waals surface area contributed by atoms with Gasteiger partial charge in [0.2, 0.25) is 0 Å². The number of hydrogen-bond donors (Lipinski definition) is 1. The van der Waals surface area contributed by atoms with E-state index >= 15 is 0 Å². The maximum Gasteiger partial charge on any atom is 0.329 e. The molecule has 0 radical (unpaired) electrons. The molecular weight excluding hydrogens is 435 g/mol. The quantitative estimate of drug-likeness (QED) is 0.384. The summed E-state index contributed by atoms with van der Waals surface area (Å²) in [5.41, 5.74) is 1.04. The fraction of sp³-hybridized carbons (Fsp3) is 0.444. The van der Waals surface area contributed by atoms with Gasteiger partial charge in [0.15, 0.2) is 11.5 Å². The van der Waals surface area contributed by atoms with Crippen LogP contribution in [0.5, 0.6) is 11.5 Å². The summed E-state index contributed by atoms with van der Waals surface area (Å²) in [6, 6.07) is 3.34. The molecule has 0 aromatic heterocycles. The first-order valence-electron chi connectivity index (χ1n) is 8.34. The zero-order valence-corrected chi connectivity index (χ0v) is 17.0.